The highest BCUT2D eigenvalue weighted by Gasteiger charge is 2.34. The summed E-state index contributed by atoms with van der Waals surface area (Å²) in [6.07, 6.45) is 2.69. The van der Waals surface area contributed by atoms with E-state index in [-0.39, 0.29) is 17.7 Å². The second-order valence-corrected chi connectivity index (χ2v) is 9.65. The van der Waals surface area contributed by atoms with E-state index in [0.29, 0.717) is 24.5 Å². The molecule has 31 heavy (non-hydrogen) atoms. The van der Waals surface area contributed by atoms with Gasteiger partial charge in [0.1, 0.15) is 18.2 Å². The van der Waals surface area contributed by atoms with E-state index >= 15 is 0 Å². The second kappa shape index (κ2) is 9.53. The summed E-state index contributed by atoms with van der Waals surface area (Å²) in [7, 11) is 1.43. The average molecular weight is 503 g/mol. The Labute approximate surface area is 194 Å². The number of esters is 1. The fourth-order valence-corrected chi connectivity index (χ4v) is 5.62. The number of thiophene rings is 1. The summed E-state index contributed by atoms with van der Waals surface area (Å²) >= 11 is 5.13. The first kappa shape index (κ1) is 22.0. The Kier molecular flexibility index (Phi) is 6.77. The van der Waals surface area contributed by atoms with Gasteiger partial charge in [-0.15, -0.1) is 11.3 Å². The molecule has 1 atom stereocenters. The minimum atomic E-state index is -0.231. The van der Waals surface area contributed by atoms with Gasteiger partial charge in [0, 0.05) is 15.6 Å². The predicted molar refractivity (Wildman–Crippen MR) is 125 cm³/mol. The van der Waals surface area contributed by atoms with Gasteiger partial charge < -0.3 is 9.47 Å². The van der Waals surface area contributed by atoms with Crippen molar-refractivity contribution in [1.29, 1.82) is 0 Å². The molecule has 0 radical (unpaired) electrons. The maximum atomic E-state index is 14.3. The normalized spacial score (nSPS) is 14.3. The first-order chi connectivity index (χ1) is 15.0. The molecule has 0 saturated heterocycles. The molecule has 1 fully saturated rings. The number of ether oxygens (including phenoxy) is 2. The van der Waals surface area contributed by atoms with Crippen molar-refractivity contribution in [2.75, 3.05) is 7.11 Å². The van der Waals surface area contributed by atoms with Crippen LogP contribution in [0, 0.1) is 18.7 Å². The fraction of sp³-hybridized carbons (Fsp3) is 0.320. The van der Waals surface area contributed by atoms with Crippen molar-refractivity contribution < 1.29 is 18.7 Å². The molecular weight excluding hydrogens is 479 g/mol. The van der Waals surface area contributed by atoms with Crippen molar-refractivity contribution in [2.24, 2.45) is 5.92 Å². The Morgan fingerprint density at radius 1 is 1.26 bits per heavy atom. The van der Waals surface area contributed by atoms with Gasteiger partial charge in [-0.05, 0) is 82.7 Å². The zero-order valence-electron chi connectivity index (χ0n) is 17.5. The third-order valence-electron chi connectivity index (χ3n) is 5.65. The largest absolute Gasteiger partial charge is 0.489 e. The zero-order chi connectivity index (χ0) is 22.0. The van der Waals surface area contributed by atoms with E-state index in [1.54, 1.807) is 6.07 Å². The number of hydrogen-bond donors (Lipinski definition) is 0. The van der Waals surface area contributed by atoms with Crippen molar-refractivity contribution in [3.63, 3.8) is 0 Å². The maximum Gasteiger partial charge on any atom is 0.306 e. The lowest BCUT2D eigenvalue weighted by Gasteiger charge is -2.16. The summed E-state index contributed by atoms with van der Waals surface area (Å²) in [4.78, 5) is 12.7. The number of carbonyl (C=O) groups is 1. The molecule has 0 unspecified atom stereocenters. The van der Waals surface area contributed by atoms with Crippen LogP contribution < -0.4 is 4.74 Å². The molecule has 3 nitrogen and oxygen atoms in total. The van der Waals surface area contributed by atoms with E-state index in [2.05, 4.69) is 22.0 Å². The summed E-state index contributed by atoms with van der Waals surface area (Å²) in [5.41, 5.74) is 3.70. The van der Waals surface area contributed by atoms with Crippen LogP contribution in [0.3, 0.4) is 0 Å². The minimum absolute atomic E-state index is 0.166. The van der Waals surface area contributed by atoms with Crippen LogP contribution >= 0.6 is 27.3 Å². The number of hydrogen-bond acceptors (Lipinski definition) is 4. The molecule has 6 heteroatoms. The first-order valence-electron chi connectivity index (χ1n) is 10.3. The Morgan fingerprint density at radius 2 is 2.06 bits per heavy atom. The fourth-order valence-electron chi connectivity index (χ4n) is 3.79. The van der Waals surface area contributed by atoms with E-state index in [1.807, 2.05) is 36.6 Å². The number of methoxy groups -OCH3 is 1. The van der Waals surface area contributed by atoms with Gasteiger partial charge in [-0.3, -0.25) is 4.79 Å². The topological polar surface area (TPSA) is 35.5 Å². The molecule has 1 aliphatic rings. The highest BCUT2D eigenvalue weighted by molar-refractivity contribution is 9.10. The zero-order valence-corrected chi connectivity index (χ0v) is 19.9. The van der Waals surface area contributed by atoms with Crippen LogP contribution in [0.4, 0.5) is 4.39 Å². The summed E-state index contributed by atoms with van der Waals surface area (Å²) in [5.74, 6) is 1.05. The summed E-state index contributed by atoms with van der Waals surface area (Å²) in [6.45, 7) is 2.33. The summed E-state index contributed by atoms with van der Waals surface area (Å²) < 4.78 is 26.1. The number of carbonyl (C=O) groups excluding carboxylic acids is 1. The molecule has 1 heterocycles. The lowest BCUT2D eigenvalue weighted by Crippen LogP contribution is -2.10. The second-order valence-electron chi connectivity index (χ2n) is 7.97. The van der Waals surface area contributed by atoms with Gasteiger partial charge in [0.2, 0.25) is 0 Å². The van der Waals surface area contributed by atoms with Crippen molar-refractivity contribution in [2.45, 2.75) is 38.7 Å². The van der Waals surface area contributed by atoms with E-state index < -0.39 is 0 Å². The van der Waals surface area contributed by atoms with Crippen LogP contribution in [0.15, 0.2) is 52.3 Å². The minimum Gasteiger partial charge on any atom is -0.489 e. The third kappa shape index (κ3) is 5.18. The monoisotopic (exact) mass is 502 g/mol. The molecule has 1 aliphatic carbocycles. The van der Waals surface area contributed by atoms with Crippen molar-refractivity contribution in [1.82, 2.24) is 0 Å². The average Bonchev–Trinajstić information content (AvgIpc) is 3.55. The standard InChI is InChI=1S/C25H24BrFO3S/c1-15-6-9-22(27)21(10-15)25-24(26)18(14-31-25)13-30-19-5-3-4-17(11-19)20(16-7-8-16)12-23(28)29-2/h3-6,9-11,14,16,20H,7-8,12-13H2,1-2H3/t20-/m0/s1. The van der Waals surface area contributed by atoms with Gasteiger partial charge in [-0.2, -0.15) is 0 Å². The third-order valence-corrected chi connectivity index (χ3v) is 7.88. The van der Waals surface area contributed by atoms with Gasteiger partial charge in [0.15, 0.2) is 0 Å². The summed E-state index contributed by atoms with van der Waals surface area (Å²) in [6, 6.07) is 13.1. The molecule has 3 aromatic rings. The summed E-state index contributed by atoms with van der Waals surface area (Å²) in [5, 5.41) is 2.00. The van der Waals surface area contributed by atoms with Gasteiger partial charge in [-0.1, -0.05) is 23.8 Å². The van der Waals surface area contributed by atoms with Gasteiger partial charge in [0.25, 0.3) is 0 Å². The molecule has 4 rings (SSSR count). The van der Waals surface area contributed by atoms with Gasteiger partial charge in [0.05, 0.1) is 18.4 Å². The molecule has 0 amide bonds. The van der Waals surface area contributed by atoms with E-state index in [9.17, 15) is 9.18 Å². The van der Waals surface area contributed by atoms with Crippen LogP contribution in [0.5, 0.6) is 5.75 Å². The van der Waals surface area contributed by atoms with E-state index in [4.69, 9.17) is 9.47 Å². The molecular formula is C25H24BrFO3S. The molecule has 0 spiro atoms. The Balaban J connectivity index is 1.49. The first-order valence-corrected chi connectivity index (χ1v) is 12.0. The van der Waals surface area contributed by atoms with Gasteiger partial charge in [-0.25, -0.2) is 4.39 Å². The lowest BCUT2D eigenvalue weighted by atomic mass is 9.91. The molecule has 0 N–H and O–H groups in total. The lowest BCUT2D eigenvalue weighted by molar-refractivity contribution is -0.141. The van der Waals surface area contributed by atoms with Crippen molar-refractivity contribution >= 4 is 33.2 Å². The Bertz CT molecular complexity index is 1090. The molecule has 0 bridgehead atoms. The van der Waals surface area contributed by atoms with Crippen LogP contribution in [0.25, 0.3) is 10.4 Å². The van der Waals surface area contributed by atoms with E-state index in [0.717, 1.165) is 44.6 Å². The number of aryl methyl sites for hydroxylation is 1. The maximum absolute atomic E-state index is 14.3. The molecule has 2 aromatic carbocycles. The van der Waals surface area contributed by atoms with Gasteiger partial charge >= 0.3 is 5.97 Å². The number of halogens is 2. The molecule has 1 aromatic heterocycles. The van der Waals surface area contributed by atoms with Crippen LogP contribution in [-0.2, 0) is 16.1 Å². The predicted octanol–water partition coefficient (Wildman–Crippen LogP) is 7.26. The van der Waals surface area contributed by atoms with Crippen LogP contribution in [0.1, 0.15) is 41.9 Å². The van der Waals surface area contributed by atoms with Crippen LogP contribution in [0.2, 0.25) is 0 Å². The smallest absolute Gasteiger partial charge is 0.306 e. The van der Waals surface area contributed by atoms with Crippen molar-refractivity contribution in [3.8, 4) is 16.2 Å². The van der Waals surface area contributed by atoms with Crippen LogP contribution in [-0.4, -0.2) is 13.1 Å². The number of rotatable bonds is 8. The molecule has 162 valence electrons. The van der Waals surface area contributed by atoms with Crippen molar-refractivity contribution in [3.05, 3.63) is 74.8 Å². The highest BCUT2D eigenvalue weighted by atomic mass is 79.9. The molecule has 0 aliphatic heterocycles. The molecule has 1 saturated carbocycles. The Morgan fingerprint density at radius 3 is 2.81 bits per heavy atom. The SMILES string of the molecule is COC(=O)C[C@H](c1cccc(OCc2csc(-c3cc(C)ccc3F)c2Br)c1)C1CC1. The number of benzene rings is 2. The quantitative estimate of drug-likeness (QED) is 0.304. The van der Waals surface area contributed by atoms with E-state index in [1.165, 1.54) is 24.5 Å². The highest BCUT2D eigenvalue weighted by Crippen LogP contribution is 2.45. The Hall–Kier alpha value is -2.18.